The number of carbonyl (C=O) groups is 2. The van der Waals surface area contributed by atoms with Crippen LogP contribution in [0.5, 0.6) is 5.88 Å². The topological polar surface area (TPSA) is 106 Å². The predicted octanol–water partition coefficient (Wildman–Crippen LogP) is 6.22. The molecule has 5 rings (SSSR count). The van der Waals surface area contributed by atoms with Gasteiger partial charge in [-0.15, -0.1) is 10.2 Å². The molecule has 2 aliphatic rings. The zero-order valence-electron chi connectivity index (χ0n) is 20.1. The number of thioether (sulfide) groups is 1. The van der Waals surface area contributed by atoms with Crippen molar-refractivity contribution >= 4 is 57.0 Å². The molecule has 8 nitrogen and oxygen atoms in total. The molecule has 36 heavy (non-hydrogen) atoms. The van der Waals surface area contributed by atoms with Crippen LogP contribution < -0.4 is 0 Å². The van der Waals surface area contributed by atoms with Gasteiger partial charge >= 0.3 is 5.97 Å². The van der Waals surface area contributed by atoms with E-state index in [2.05, 4.69) is 46.8 Å². The number of hydrogen-bond donors (Lipinski definition) is 1. The van der Waals surface area contributed by atoms with Crippen LogP contribution in [0, 0.1) is 0 Å². The summed E-state index contributed by atoms with van der Waals surface area (Å²) in [6.07, 6.45) is 1.79. The van der Waals surface area contributed by atoms with Gasteiger partial charge in [-0.1, -0.05) is 48.9 Å². The van der Waals surface area contributed by atoms with Gasteiger partial charge in [0.1, 0.15) is 0 Å². The molecule has 1 N–H and O–H groups in total. The summed E-state index contributed by atoms with van der Waals surface area (Å²) in [5.41, 5.74) is 2.56. The van der Waals surface area contributed by atoms with Gasteiger partial charge in [-0.05, 0) is 55.3 Å². The molecule has 2 aromatic carbocycles. The minimum atomic E-state index is -0.656. The number of carbonyl (C=O) groups excluding carboxylic acids is 2. The molecule has 0 saturated heterocycles. The number of rotatable bonds is 3. The number of benzene rings is 2. The van der Waals surface area contributed by atoms with Crippen LogP contribution in [0.1, 0.15) is 38.3 Å². The molecule has 1 unspecified atom stereocenters. The molecule has 0 aliphatic carbocycles. The number of nitrogens with zero attached hydrogens (tertiary/aromatic N) is 4. The number of esters is 1. The molecule has 184 valence electrons. The molecule has 0 radical (unpaired) electrons. The standard InChI is InChI=1S/C26H23ClN4O4S/c1-25(2)13-26(3,14-8-10-15(27)11-9-14)17-7-5-6-16-20(23(34)31(25)21(16)17)29-30-24-28-22(33)18(36-24)12-19(32)35-4/h5-12,34H,13H2,1-4H3/b18-12-,30-29?. The van der Waals surface area contributed by atoms with E-state index in [0.29, 0.717) is 10.7 Å². The summed E-state index contributed by atoms with van der Waals surface area (Å²) in [5, 5.41) is 21.2. The molecule has 10 heteroatoms. The van der Waals surface area contributed by atoms with Gasteiger partial charge in [0.15, 0.2) is 5.69 Å². The normalized spacial score (nSPS) is 22.0. The monoisotopic (exact) mass is 522 g/mol. The van der Waals surface area contributed by atoms with E-state index in [1.165, 1.54) is 7.11 Å². The second kappa shape index (κ2) is 8.60. The Labute approximate surface area is 216 Å². The third-order valence-corrected chi connectivity index (χ3v) is 7.82. The SMILES string of the molecule is COC(=O)/C=C1\SC(N=Nc2c(O)n3c4c(cccc24)C(C)(c2ccc(Cl)cc2)CC3(C)C)=NC1=O. The van der Waals surface area contributed by atoms with Gasteiger partial charge in [-0.3, -0.25) is 4.79 Å². The van der Waals surface area contributed by atoms with Crippen LogP contribution in [-0.4, -0.2) is 33.8 Å². The maximum absolute atomic E-state index is 12.1. The molecule has 0 fully saturated rings. The summed E-state index contributed by atoms with van der Waals surface area (Å²) >= 11 is 7.08. The lowest BCUT2D eigenvalue weighted by atomic mass is 9.66. The molecular formula is C26H23ClN4O4S. The minimum Gasteiger partial charge on any atom is -0.493 e. The van der Waals surface area contributed by atoms with Gasteiger partial charge in [0.2, 0.25) is 11.0 Å². The first kappa shape index (κ1) is 24.3. The Morgan fingerprint density at radius 1 is 1.19 bits per heavy atom. The van der Waals surface area contributed by atoms with Crippen molar-refractivity contribution in [1.82, 2.24) is 4.57 Å². The lowest BCUT2D eigenvalue weighted by Gasteiger charge is -2.45. The molecule has 3 aromatic rings. The Balaban J connectivity index is 1.62. The average Bonchev–Trinajstić information content (AvgIpc) is 3.32. The Morgan fingerprint density at radius 2 is 1.92 bits per heavy atom. The second-order valence-corrected chi connectivity index (χ2v) is 11.0. The quantitative estimate of drug-likeness (QED) is 0.250. The van der Waals surface area contributed by atoms with Gasteiger partial charge < -0.3 is 14.4 Å². The predicted molar refractivity (Wildman–Crippen MR) is 140 cm³/mol. The first-order valence-corrected chi connectivity index (χ1v) is 12.4. The minimum absolute atomic E-state index is 0.00962. The molecule has 0 bridgehead atoms. The fourth-order valence-electron chi connectivity index (χ4n) is 5.26. The van der Waals surface area contributed by atoms with Crippen LogP contribution in [0.15, 0.2) is 68.7 Å². The number of para-hydroxylation sites is 1. The Hall–Kier alpha value is -3.43. The fourth-order valence-corrected chi connectivity index (χ4v) is 6.08. The summed E-state index contributed by atoms with van der Waals surface area (Å²) in [6.45, 7) is 6.36. The van der Waals surface area contributed by atoms with E-state index in [0.717, 1.165) is 46.3 Å². The van der Waals surface area contributed by atoms with Gasteiger partial charge in [-0.25, -0.2) is 4.79 Å². The molecule has 1 amide bonds. The maximum atomic E-state index is 12.1. The van der Waals surface area contributed by atoms with E-state index in [1.54, 1.807) is 0 Å². The highest BCUT2D eigenvalue weighted by Crippen LogP contribution is 2.54. The van der Waals surface area contributed by atoms with E-state index >= 15 is 0 Å². The van der Waals surface area contributed by atoms with E-state index in [1.807, 2.05) is 41.0 Å². The molecule has 3 heterocycles. The highest BCUT2D eigenvalue weighted by atomic mass is 35.5. The summed E-state index contributed by atoms with van der Waals surface area (Å²) in [5.74, 6) is -1.26. The van der Waals surface area contributed by atoms with Crippen molar-refractivity contribution in [2.24, 2.45) is 15.2 Å². The van der Waals surface area contributed by atoms with Crippen molar-refractivity contribution in [2.75, 3.05) is 7.11 Å². The lowest BCUT2D eigenvalue weighted by Crippen LogP contribution is -2.41. The molecule has 1 atom stereocenters. The fraction of sp³-hybridized carbons (Fsp3) is 0.269. The van der Waals surface area contributed by atoms with E-state index in [-0.39, 0.29) is 21.4 Å². The Kier molecular flexibility index (Phi) is 5.80. The zero-order valence-corrected chi connectivity index (χ0v) is 21.6. The van der Waals surface area contributed by atoms with Gasteiger partial charge in [-0.2, -0.15) is 4.99 Å². The average molecular weight is 523 g/mol. The first-order valence-electron chi connectivity index (χ1n) is 11.2. The van der Waals surface area contributed by atoms with Gasteiger partial charge in [0.05, 0.1) is 17.5 Å². The Bertz CT molecular complexity index is 1520. The zero-order chi connectivity index (χ0) is 25.8. The summed E-state index contributed by atoms with van der Waals surface area (Å²) < 4.78 is 6.47. The molecular weight excluding hydrogens is 500 g/mol. The third-order valence-electron chi connectivity index (χ3n) is 6.70. The van der Waals surface area contributed by atoms with Crippen LogP contribution >= 0.6 is 23.4 Å². The van der Waals surface area contributed by atoms with Crippen LogP contribution in [0.25, 0.3) is 10.9 Å². The highest BCUT2D eigenvalue weighted by molar-refractivity contribution is 8.18. The second-order valence-electron chi connectivity index (χ2n) is 9.57. The number of aromatic hydroxyl groups is 1. The number of amidine groups is 1. The highest BCUT2D eigenvalue weighted by Gasteiger charge is 2.45. The number of aromatic nitrogens is 1. The van der Waals surface area contributed by atoms with Crippen molar-refractivity contribution in [3.05, 3.63) is 69.6 Å². The van der Waals surface area contributed by atoms with Crippen molar-refractivity contribution < 1.29 is 19.4 Å². The smallest absolute Gasteiger partial charge is 0.331 e. The number of aliphatic imine (C=N–C) groups is 1. The van der Waals surface area contributed by atoms with E-state index in [9.17, 15) is 14.7 Å². The van der Waals surface area contributed by atoms with Crippen LogP contribution in [-0.2, 0) is 25.3 Å². The number of hydrogen-bond acceptors (Lipinski definition) is 7. The van der Waals surface area contributed by atoms with E-state index < -0.39 is 17.4 Å². The van der Waals surface area contributed by atoms with Crippen molar-refractivity contribution in [3.8, 4) is 5.88 Å². The summed E-state index contributed by atoms with van der Waals surface area (Å²) in [4.78, 5) is 27.5. The van der Waals surface area contributed by atoms with Crippen molar-refractivity contribution in [2.45, 2.75) is 38.1 Å². The number of halogens is 1. The molecule has 0 saturated carbocycles. The molecule has 0 spiro atoms. The van der Waals surface area contributed by atoms with Gasteiger partial charge in [0.25, 0.3) is 5.91 Å². The van der Waals surface area contributed by atoms with Crippen LogP contribution in [0.4, 0.5) is 5.69 Å². The Morgan fingerprint density at radius 3 is 2.61 bits per heavy atom. The van der Waals surface area contributed by atoms with Crippen LogP contribution in [0.3, 0.4) is 0 Å². The van der Waals surface area contributed by atoms with Crippen LogP contribution in [0.2, 0.25) is 5.02 Å². The number of ether oxygens (including phenoxy) is 1. The largest absolute Gasteiger partial charge is 0.493 e. The van der Waals surface area contributed by atoms with Crippen molar-refractivity contribution in [1.29, 1.82) is 0 Å². The number of methoxy groups -OCH3 is 1. The third kappa shape index (κ3) is 3.83. The molecule has 1 aromatic heterocycles. The summed E-state index contributed by atoms with van der Waals surface area (Å²) in [6, 6.07) is 13.8. The van der Waals surface area contributed by atoms with E-state index in [4.69, 9.17) is 11.6 Å². The van der Waals surface area contributed by atoms with Crippen molar-refractivity contribution in [3.63, 3.8) is 0 Å². The summed E-state index contributed by atoms with van der Waals surface area (Å²) in [7, 11) is 1.23. The lowest BCUT2D eigenvalue weighted by molar-refractivity contribution is -0.135. The number of azo groups is 1. The van der Waals surface area contributed by atoms with Gasteiger partial charge in [0, 0.05) is 27.4 Å². The first-order chi connectivity index (χ1) is 17.0. The maximum Gasteiger partial charge on any atom is 0.331 e. The number of amides is 1. The molecule has 2 aliphatic heterocycles.